The summed E-state index contributed by atoms with van der Waals surface area (Å²) in [4.78, 5) is 8.70. The third-order valence-corrected chi connectivity index (χ3v) is 5.83. The van der Waals surface area contributed by atoms with Crippen LogP contribution in [0.4, 0.5) is 0 Å². The van der Waals surface area contributed by atoms with E-state index in [0.29, 0.717) is 6.61 Å². The highest BCUT2D eigenvalue weighted by atomic mass is 32.1. The fraction of sp³-hybridized carbons (Fsp3) is 0.167. The van der Waals surface area contributed by atoms with Crippen LogP contribution in [0.5, 0.6) is 11.5 Å². The largest absolute Gasteiger partial charge is 0.494 e. The van der Waals surface area contributed by atoms with Gasteiger partial charge in [0.1, 0.15) is 23.0 Å². The molecule has 1 aromatic carbocycles. The molecule has 0 bridgehead atoms. The van der Waals surface area contributed by atoms with Gasteiger partial charge in [-0.15, -0.1) is 11.3 Å². The Kier molecular flexibility index (Phi) is 4.97. The van der Waals surface area contributed by atoms with Crippen molar-refractivity contribution in [2.75, 3.05) is 6.61 Å². The molecule has 0 unspecified atom stereocenters. The number of fused-ring (bicyclic) bond motifs is 2. The van der Waals surface area contributed by atoms with E-state index in [-0.39, 0.29) is 0 Å². The Balaban J connectivity index is 1.22. The maximum atomic E-state index is 6.12. The lowest BCUT2D eigenvalue weighted by Crippen LogP contribution is -2.06. The lowest BCUT2D eigenvalue weighted by atomic mass is 10.1. The number of nitrogens with zero attached hydrogens (tertiary/aromatic N) is 2. The van der Waals surface area contributed by atoms with E-state index in [2.05, 4.69) is 45.7 Å². The van der Waals surface area contributed by atoms with Crippen LogP contribution in [0, 0.1) is 0 Å². The topological polar surface area (TPSA) is 44.2 Å². The highest BCUT2D eigenvalue weighted by Crippen LogP contribution is 2.33. The number of rotatable bonds is 6. The monoisotopic (exact) mass is 400 g/mol. The zero-order valence-corrected chi connectivity index (χ0v) is 16.7. The normalized spacial score (nSPS) is 12.9. The summed E-state index contributed by atoms with van der Waals surface area (Å²) in [7, 11) is 0. The molecule has 4 heterocycles. The Morgan fingerprint density at radius 1 is 1.10 bits per heavy atom. The predicted molar refractivity (Wildman–Crippen MR) is 116 cm³/mol. The number of thiophene rings is 1. The molecule has 4 nitrogen and oxygen atoms in total. The second kappa shape index (κ2) is 8.05. The fourth-order valence-corrected chi connectivity index (χ4v) is 4.22. The number of hydrogen-bond donors (Lipinski definition) is 0. The quantitative estimate of drug-likeness (QED) is 0.391. The van der Waals surface area contributed by atoms with Gasteiger partial charge in [0, 0.05) is 34.2 Å². The first-order valence-corrected chi connectivity index (χ1v) is 10.6. The Labute approximate surface area is 173 Å². The van der Waals surface area contributed by atoms with Crippen LogP contribution in [-0.2, 0) is 12.8 Å². The van der Waals surface area contributed by atoms with Crippen molar-refractivity contribution in [2.45, 2.75) is 19.3 Å². The molecule has 0 atom stereocenters. The first kappa shape index (κ1) is 17.9. The Morgan fingerprint density at radius 3 is 3.03 bits per heavy atom. The minimum atomic E-state index is 0.681. The summed E-state index contributed by atoms with van der Waals surface area (Å²) in [6.07, 6.45) is 10.4. The SMILES string of the molecule is C1=C(c2cc3sccc3cn2)Oc2ccc(OCCCc3cccnc3)cc2C1. The maximum Gasteiger partial charge on any atom is 0.149 e. The zero-order valence-electron chi connectivity index (χ0n) is 15.9. The molecule has 144 valence electrons. The van der Waals surface area contributed by atoms with Crippen LogP contribution in [-0.4, -0.2) is 16.6 Å². The minimum Gasteiger partial charge on any atom is -0.494 e. The molecular formula is C24H20N2O2S. The van der Waals surface area contributed by atoms with Gasteiger partial charge in [-0.25, -0.2) is 0 Å². The molecule has 0 radical (unpaired) electrons. The molecule has 0 fully saturated rings. The standard InChI is InChI=1S/C24H20N2O2S/c1-3-17(15-25-10-1)4-2-11-27-20-6-8-22-18(13-20)5-7-23(28-22)21-14-24-19(16-26-21)9-12-29-24/h1,3,6-10,12-16H,2,4-5,11H2. The molecule has 0 N–H and O–H groups in total. The summed E-state index contributed by atoms with van der Waals surface area (Å²) in [5.41, 5.74) is 3.25. The van der Waals surface area contributed by atoms with Crippen LogP contribution in [0.25, 0.3) is 15.8 Å². The van der Waals surface area contributed by atoms with Gasteiger partial charge >= 0.3 is 0 Å². The van der Waals surface area contributed by atoms with E-state index >= 15 is 0 Å². The zero-order chi connectivity index (χ0) is 19.5. The molecule has 5 rings (SSSR count). The van der Waals surface area contributed by atoms with Crippen LogP contribution in [0.2, 0.25) is 0 Å². The van der Waals surface area contributed by atoms with E-state index in [0.717, 1.165) is 47.8 Å². The van der Waals surface area contributed by atoms with E-state index in [1.807, 2.05) is 30.6 Å². The summed E-state index contributed by atoms with van der Waals surface area (Å²) >= 11 is 1.72. The van der Waals surface area contributed by atoms with Crippen LogP contribution in [0.3, 0.4) is 0 Å². The molecule has 1 aliphatic rings. The van der Waals surface area contributed by atoms with E-state index in [1.165, 1.54) is 15.6 Å². The number of aryl methyl sites for hydroxylation is 1. The maximum absolute atomic E-state index is 6.12. The Morgan fingerprint density at radius 2 is 2.10 bits per heavy atom. The lowest BCUT2D eigenvalue weighted by Gasteiger charge is -2.19. The van der Waals surface area contributed by atoms with E-state index in [1.54, 1.807) is 17.5 Å². The van der Waals surface area contributed by atoms with Gasteiger partial charge in [0.25, 0.3) is 0 Å². The first-order valence-electron chi connectivity index (χ1n) is 9.71. The van der Waals surface area contributed by atoms with Gasteiger partial charge in [0.15, 0.2) is 0 Å². The molecule has 0 amide bonds. The van der Waals surface area contributed by atoms with E-state index in [4.69, 9.17) is 9.47 Å². The van der Waals surface area contributed by atoms with Gasteiger partial charge in [0.2, 0.25) is 0 Å². The molecule has 29 heavy (non-hydrogen) atoms. The van der Waals surface area contributed by atoms with Gasteiger partial charge in [-0.1, -0.05) is 6.07 Å². The molecule has 0 saturated heterocycles. The molecule has 5 heteroatoms. The second-order valence-electron chi connectivity index (χ2n) is 6.99. The van der Waals surface area contributed by atoms with E-state index in [9.17, 15) is 0 Å². The van der Waals surface area contributed by atoms with Crippen LogP contribution >= 0.6 is 11.3 Å². The Bertz CT molecular complexity index is 1170. The highest BCUT2D eigenvalue weighted by molar-refractivity contribution is 7.17. The summed E-state index contributed by atoms with van der Waals surface area (Å²) in [6, 6.07) is 14.3. The number of ether oxygens (including phenoxy) is 2. The number of benzene rings is 1. The van der Waals surface area contributed by atoms with Crippen molar-refractivity contribution in [3.05, 3.63) is 89.3 Å². The van der Waals surface area contributed by atoms with Gasteiger partial charge in [0.05, 0.1) is 6.61 Å². The Hall–Kier alpha value is -3.18. The van der Waals surface area contributed by atoms with Crippen molar-refractivity contribution >= 4 is 27.2 Å². The molecule has 3 aromatic heterocycles. The van der Waals surface area contributed by atoms with Gasteiger partial charge in [-0.3, -0.25) is 9.97 Å². The van der Waals surface area contributed by atoms with Crippen LogP contribution in [0.15, 0.2) is 72.5 Å². The van der Waals surface area contributed by atoms with Crippen molar-refractivity contribution in [3.8, 4) is 11.5 Å². The third kappa shape index (κ3) is 4.00. The second-order valence-corrected chi connectivity index (χ2v) is 7.93. The number of hydrogen-bond acceptors (Lipinski definition) is 5. The average Bonchev–Trinajstić information content (AvgIpc) is 3.25. The molecule has 0 spiro atoms. The number of pyridine rings is 2. The first-order chi connectivity index (χ1) is 14.3. The summed E-state index contributed by atoms with van der Waals surface area (Å²) < 4.78 is 13.3. The van der Waals surface area contributed by atoms with Crippen LogP contribution in [0.1, 0.15) is 23.2 Å². The van der Waals surface area contributed by atoms with Gasteiger partial charge < -0.3 is 9.47 Å². The fourth-order valence-electron chi connectivity index (χ4n) is 3.43. The average molecular weight is 401 g/mol. The van der Waals surface area contributed by atoms with E-state index < -0.39 is 0 Å². The molecule has 1 aliphatic heterocycles. The summed E-state index contributed by atoms with van der Waals surface area (Å²) in [5, 5.41) is 3.25. The third-order valence-electron chi connectivity index (χ3n) is 4.95. The van der Waals surface area contributed by atoms with Crippen molar-refractivity contribution in [2.24, 2.45) is 0 Å². The summed E-state index contributed by atoms with van der Waals surface area (Å²) in [6.45, 7) is 0.681. The predicted octanol–water partition coefficient (Wildman–Crippen LogP) is 5.68. The number of allylic oxidation sites excluding steroid dienone is 1. The molecule has 4 aromatic rings. The summed E-state index contributed by atoms with van der Waals surface area (Å²) in [5.74, 6) is 2.57. The smallest absolute Gasteiger partial charge is 0.149 e. The highest BCUT2D eigenvalue weighted by Gasteiger charge is 2.16. The molecule has 0 saturated carbocycles. The molecular weight excluding hydrogens is 380 g/mol. The van der Waals surface area contributed by atoms with Crippen molar-refractivity contribution < 1.29 is 9.47 Å². The van der Waals surface area contributed by atoms with Crippen LogP contribution < -0.4 is 9.47 Å². The van der Waals surface area contributed by atoms with Crippen molar-refractivity contribution in [1.82, 2.24) is 9.97 Å². The van der Waals surface area contributed by atoms with Crippen molar-refractivity contribution in [3.63, 3.8) is 0 Å². The molecule has 0 aliphatic carbocycles. The van der Waals surface area contributed by atoms with Gasteiger partial charge in [-0.05, 0) is 72.7 Å². The number of aromatic nitrogens is 2. The lowest BCUT2D eigenvalue weighted by molar-refractivity contribution is 0.310. The van der Waals surface area contributed by atoms with Gasteiger partial charge in [-0.2, -0.15) is 0 Å². The minimum absolute atomic E-state index is 0.681. The van der Waals surface area contributed by atoms with Crippen molar-refractivity contribution in [1.29, 1.82) is 0 Å².